The van der Waals surface area contributed by atoms with E-state index in [1.807, 2.05) is 7.05 Å². The van der Waals surface area contributed by atoms with Crippen LogP contribution in [0.3, 0.4) is 0 Å². The van der Waals surface area contributed by atoms with Crippen molar-refractivity contribution in [1.82, 2.24) is 10.2 Å². The van der Waals surface area contributed by atoms with E-state index in [-0.39, 0.29) is 24.0 Å². The Hall–Kier alpha value is -0.0800. The van der Waals surface area contributed by atoms with Crippen LogP contribution in [0, 0.1) is 10.8 Å². The Balaban J connectivity index is 0.00000196. The molecule has 3 unspecified atom stereocenters. The molecule has 2 saturated heterocycles. The minimum absolute atomic E-state index is 0. The van der Waals surface area contributed by atoms with E-state index < -0.39 is 0 Å². The first-order chi connectivity index (χ1) is 12.2. The van der Waals surface area contributed by atoms with E-state index in [4.69, 9.17) is 9.47 Å². The van der Waals surface area contributed by atoms with Crippen molar-refractivity contribution in [3.63, 3.8) is 0 Å². The average molecular weight is 477 g/mol. The second-order valence-electron chi connectivity index (χ2n) is 8.69. The van der Waals surface area contributed by atoms with Crippen LogP contribution in [0.25, 0.3) is 0 Å². The molecule has 0 bridgehead atoms. The van der Waals surface area contributed by atoms with Crippen LogP contribution in [-0.4, -0.2) is 63.0 Å². The second kappa shape index (κ2) is 8.52. The Labute approximate surface area is 175 Å². The van der Waals surface area contributed by atoms with Crippen LogP contribution in [0.1, 0.15) is 58.3 Å². The molecule has 4 fully saturated rings. The molecule has 6 heteroatoms. The fourth-order valence-electron chi connectivity index (χ4n) is 5.71. The number of nitrogens with zero attached hydrogens (tertiary/aromatic N) is 2. The normalized spacial score (nSPS) is 36.2. The number of piperidine rings is 1. The topological polar surface area (TPSA) is 46.1 Å². The number of aliphatic imine (C=N–C) groups is 1. The summed E-state index contributed by atoms with van der Waals surface area (Å²) in [4.78, 5) is 7.15. The lowest BCUT2D eigenvalue weighted by atomic mass is 9.51. The predicted octanol–water partition coefficient (Wildman–Crippen LogP) is 3.42. The molecule has 0 radical (unpaired) electrons. The summed E-state index contributed by atoms with van der Waals surface area (Å²) in [5.41, 5.74) is 0.739. The van der Waals surface area contributed by atoms with Gasteiger partial charge in [-0.15, -0.1) is 24.0 Å². The van der Waals surface area contributed by atoms with Gasteiger partial charge in [-0.25, -0.2) is 0 Å². The molecule has 26 heavy (non-hydrogen) atoms. The lowest BCUT2D eigenvalue weighted by Gasteiger charge is -2.61. The van der Waals surface area contributed by atoms with Crippen LogP contribution >= 0.6 is 24.0 Å². The van der Waals surface area contributed by atoms with Crippen molar-refractivity contribution in [2.45, 2.75) is 70.4 Å². The SMILES string of the molecule is CCOC1CC(NC(=NC)N2CCCC3(CCCOC3)C2)C12CCC2.I. The molecule has 2 aliphatic heterocycles. The highest BCUT2D eigenvalue weighted by Gasteiger charge is 2.59. The van der Waals surface area contributed by atoms with Gasteiger partial charge in [-0.2, -0.15) is 0 Å². The van der Waals surface area contributed by atoms with Gasteiger partial charge in [0, 0.05) is 50.2 Å². The van der Waals surface area contributed by atoms with Crippen molar-refractivity contribution in [2.75, 3.05) is 40.0 Å². The van der Waals surface area contributed by atoms with Crippen molar-refractivity contribution in [3.8, 4) is 0 Å². The highest BCUT2D eigenvalue weighted by Crippen LogP contribution is 2.57. The zero-order chi connectivity index (χ0) is 17.3. The summed E-state index contributed by atoms with van der Waals surface area (Å²) in [6, 6.07) is 0.539. The van der Waals surface area contributed by atoms with Gasteiger partial charge >= 0.3 is 0 Å². The zero-order valence-corrected chi connectivity index (χ0v) is 18.8. The van der Waals surface area contributed by atoms with Crippen molar-refractivity contribution in [3.05, 3.63) is 0 Å². The molecule has 2 saturated carbocycles. The highest BCUT2D eigenvalue weighted by molar-refractivity contribution is 14.0. The van der Waals surface area contributed by atoms with Crippen LogP contribution in [0.15, 0.2) is 4.99 Å². The lowest BCUT2D eigenvalue weighted by molar-refractivity contribution is -0.169. The largest absolute Gasteiger partial charge is 0.381 e. The summed E-state index contributed by atoms with van der Waals surface area (Å²) in [7, 11) is 1.94. The van der Waals surface area contributed by atoms with Crippen LogP contribution in [-0.2, 0) is 9.47 Å². The summed E-state index contributed by atoms with van der Waals surface area (Å²) >= 11 is 0. The number of rotatable bonds is 3. The molecular weight excluding hydrogens is 441 g/mol. The van der Waals surface area contributed by atoms with E-state index >= 15 is 0 Å². The molecule has 150 valence electrons. The quantitative estimate of drug-likeness (QED) is 0.385. The van der Waals surface area contributed by atoms with Gasteiger partial charge in [0.15, 0.2) is 5.96 Å². The Morgan fingerprint density at radius 2 is 2.04 bits per heavy atom. The maximum atomic E-state index is 6.01. The maximum Gasteiger partial charge on any atom is 0.193 e. The van der Waals surface area contributed by atoms with Gasteiger partial charge in [0.1, 0.15) is 0 Å². The monoisotopic (exact) mass is 477 g/mol. The molecule has 5 nitrogen and oxygen atoms in total. The Morgan fingerprint density at radius 1 is 1.23 bits per heavy atom. The van der Waals surface area contributed by atoms with Gasteiger partial charge in [-0.1, -0.05) is 6.42 Å². The third-order valence-electron chi connectivity index (χ3n) is 7.32. The van der Waals surface area contributed by atoms with Gasteiger partial charge < -0.3 is 19.7 Å². The van der Waals surface area contributed by atoms with Crippen LogP contribution in [0.2, 0.25) is 0 Å². The van der Waals surface area contributed by atoms with Gasteiger partial charge in [0.25, 0.3) is 0 Å². The fourth-order valence-corrected chi connectivity index (χ4v) is 5.71. The number of ether oxygens (including phenoxy) is 2. The first-order valence-electron chi connectivity index (χ1n) is 10.4. The van der Waals surface area contributed by atoms with E-state index in [0.717, 1.165) is 45.3 Å². The van der Waals surface area contributed by atoms with Crippen molar-refractivity contribution >= 4 is 29.9 Å². The molecule has 3 atom stereocenters. The van der Waals surface area contributed by atoms with Crippen molar-refractivity contribution < 1.29 is 9.47 Å². The summed E-state index contributed by atoms with van der Waals surface area (Å²) in [5.74, 6) is 1.11. The van der Waals surface area contributed by atoms with Gasteiger partial charge in [-0.3, -0.25) is 4.99 Å². The van der Waals surface area contributed by atoms with Crippen molar-refractivity contribution in [2.24, 2.45) is 15.8 Å². The van der Waals surface area contributed by atoms with Crippen LogP contribution in [0.5, 0.6) is 0 Å². The van der Waals surface area contributed by atoms with Gasteiger partial charge in [-0.05, 0) is 51.9 Å². The van der Waals surface area contributed by atoms with E-state index in [2.05, 4.69) is 22.1 Å². The van der Waals surface area contributed by atoms with E-state index in [1.54, 1.807) is 0 Å². The minimum Gasteiger partial charge on any atom is -0.381 e. The number of nitrogens with one attached hydrogen (secondary N) is 1. The Morgan fingerprint density at radius 3 is 2.65 bits per heavy atom. The van der Waals surface area contributed by atoms with Crippen molar-refractivity contribution in [1.29, 1.82) is 0 Å². The molecule has 0 aromatic carbocycles. The number of guanidine groups is 1. The van der Waals surface area contributed by atoms with E-state index in [0.29, 0.717) is 23.0 Å². The average Bonchev–Trinajstić information content (AvgIpc) is 2.57. The molecule has 2 aliphatic carbocycles. The smallest absolute Gasteiger partial charge is 0.193 e. The van der Waals surface area contributed by atoms with E-state index in [9.17, 15) is 0 Å². The Bertz CT molecular complexity index is 498. The lowest BCUT2D eigenvalue weighted by Crippen LogP contribution is -2.69. The zero-order valence-electron chi connectivity index (χ0n) is 16.5. The maximum absolute atomic E-state index is 6.01. The number of hydrogen-bond acceptors (Lipinski definition) is 3. The fraction of sp³-hybridized carbons (Fsp3) is 0.950. The third kappa shape index (κ3) is 3.62. The summed E-state index contributed by atoms with van der Waals surface area (Å²) < 4.78 is 11.8. The first kappa shape index (κ1) is 20.6. The molecule has 2 heterocycles. The third-order valence-corrected chi connectivity index (χ3v) is 7.32. The highest BCUT2D eigenvalue weighted by atomic mass is 127. The number of hydrogen-bond donors (Lipinski definition) is 1. The molecular formula is C20H36IN3O2. The number of likely N-dealkylation sites (tertiary alicyclic amines) is 1. The molecule has 2 spiro atoms. The van der Waals surface area contributed by atoms with E-state index in [1.165, 1.54) is 44.9 Å². The molecule has 0 aromatic rings. The second-order valence-corrected chi connectivity index (χ2v) is 8.69. The molecule has 4 rings (SSSR count). The first-order valence-corrected chi connectivity index (χ1v) is 10.4. The summed E-state index contributed by atoms with van der Waals surface area (Å²) in [5, 5.41) is 3.83. The number of halogens is 1. The molecule has 1 N–H and O–H groups in total. The molecule has 0 amide bonds. The summed E-state index contributed by atoms with van der Waals surface area (Å²) in [6.45, 7) is 7.05. The van der Waals surface area contributed by atoms with Gasteiger partial charge in [0.2, 0.25) is 0 Å². The predicted molar refractivity (Wildman–Crippen MR) is 115 cm³/mol. The minimum atomic E-state index is 0. The molecule has 4 aliphatic rings. The standard InChI is InChI=1S/C20H35N3O2.HI/c1-3-25-17-13-16(20(17)9-4-10-20)22-18(21-2)23-11-5-7-19(14-23)8-6-12-24-15-19;/h16-17H,3-15H2,1-2H3,(H,21,22);1H. The van der Waals surface area contributed by atoms with Crippen LogP contribution in [0.4, 0.5) is 0 Å². The summed E-state index contributed by atoms with van der Waals surface area (Å²) in [6.07, 6.45) is 10.6. The molecule has 0 aromatic heterocycles. The van der Waals surface area contributed by atoms with Crippen LogP contribution < -0.4 is 5.32 Å². The Kier molecular flexibility index (Phi) is 6.76. The van der Waals surface area contributed by atoms with Gasteiger partial charge in [0.05, 0.1) is 12.7 Å².